The SMILES string of the molecule is Cc1ccc2c(c1)[C@H](ON1C(C)(C)CCCC1(C)C)[C@@H](c1ccccc1)N2C(=O)OC(C)(C)C. The zero-order valence-corrected chi connectivity index (χ0v) is 22.0. The Morgan fingerprint density at radius 2 is 1.59 bits per heavy atom. The normalized spacial score (nSPS) is 24.1. The number of ether oxygens (including phenoxy) is 1. The van der Waals surface area contributed by atoms with Crippen LogP contribution in [-0.4, -0.2) is 27.8 Å². The van der Waals surface area contributed by atoms with Crippen LogP contribution < -0.4 is 4.90 Å². The number of hydrogen-bond donors (Lipinski definition) is 0. The summed E-state index contributed by atoms with van der Waals surface area (Å²) in [6, 6.07) is 16.1. The standard InChI is InChI=1S/C29H40N2O3/c1-20-15-16-23-22(19-20)25(34-31-28(5,6)17-12-18-29(31,7)8)24(21-13-10-9-11-14-21)30(23)26(32)33-27(2,3)4/h9-11,13-16,19,24-25H,12,17-18H2,1-8H3/t24-,25+/m1/s1. The first-order valence-electron chi connectivity index (χ1n) is 12.4. The van der Waals surface area contributed by atoms with Crippen molar-refractivity contribution in [3.8, 4) is 0 Å². The van der Waals surface area contributed by atoms with Gasteiger partial charge in [0, 0.05) is 16.6 Å². The van der Waals surface area contributed by atoms with Gasteiger partial charge < -0.3 is 4.74 Å². The lowest BCUT2D eigenvalue weighted by molar-refractivity contribution is -0.309. The summed E-state index contributed by atoms with van der Waals surface area (Å²) < 4.78 is 5.90. The molecule has 5 heteroatoms. The van der Waals surface area contributed by atoms with Crippen molar-refractivity contribution in [1.82, 2.24) is 5.06 Å². The maximum absolute atomic E-state index is 13.6. The van der Waals surface area contributed by atoms with Gasteiger partial charge in [-0.2, -0.15) is 5.06 Å². The Labute approximate surface area is 205 Å². The Balaban J connectivity index is 1.85. The number of carbonyl (C=O) groups excluding carboxylic acids is 1. The van der Waals surface area contributed by atoms with Gasteiger partial charge in [0.05, 0.1) is 11.7 Å². The topological polar surface area (TPSA) is 42.0 Å². The second-order valence-electron chi connectivity index (χ2n) is 12.1. The largest absolute Gasteiger partial charge is 0.443 e. The highest BCUT2D eigenvalue weighted by atomic mass is 16.7. The molecule has 0 N–H and O–H groups in total. The fraction of sp³-hybridized carbons (Fsp3) is 0.552. The molecule has 2 heterocycles. The molecule has 0 aliphatic carbocycles. The number of benzene rings is 2. The first-order valence-corrected chi connectivity index (χ1v) is 12.4. The smallest absolute Gasteiger partial charge is 0.415 e. The molecule has 4 rings (SSSR count). The number of hydrogen-bond acceptors (Lipinski definition) is 4. The molecule has 0 unspecified atom stereocenters. The first-order chi connectivity index (χ1) is 15.8. The second kappa shape index (κ2) is 8.69. The van der Waals surface area contributed by atoms with Crippen LogP contribution in [0, 0.1) is 6.92 Å². The molecule has 0 bridgehead atoms. The van der Waals surface area contributed by atoms with Crippen molar-refractivity contribution < 1.29 is 14.4 Å². The molecule has 1 saturated heterocycles. The summed E-state index contributed by atoms with van der Waals surface area (Å²) in [6.45, 7) is 16.8. The van der Waals surface area contributed by atoms with Gasteiger partial charge in [0.2, 0.25) is 0 Å². The van der Waals surface area contributed by atoms with Crippen LogP contribution in [0.2, 0.25) is 0 Å². The van der Waals surface area contributed by atoms with Crippen LogP contribution in [-0.2, 0) is 9.57 Å². The molecule has 1 fully saturated rings. The van der Waals surface area contributed by atoms with Gasteiger partial charge in [-0.3, -0.25) is 9.74 Å². The number of fused-ring (bicyclic) bond motifs is 1. The molecule has 0 saturated carbocycles. The van der Waals surface area contributed by atoms with Crippen molar-refractivity contribution in [1.29, 1.82) is 0 Å². The van der Waals surface area contributed by atoms with E-state index in [2.05, 4.69) is 63.9 Å². The molecule has 0 radical (unpaired) electrons. The Bertz CT molecular complexity index is 1020. The van der Waals surface area contributed by atoms with Crippen LogP contribution in [0.1, 0.15) is 96.6 Å². The van der Waals surface area contributed by atoms with Gasteiger partial charge in [-0.05, 0) is 86.3 Å². The summed E-state index contributed by atoms with van der Waals surface area (Å²) in [6.07, 6.45) is 2.61. The van der Waals surface area contributed by atoms with Gasteiger partial charge in [-0.1, -0.05) is 48.0 Å². The summed E-state index contributed by atoms with van der Waals surface area (Å²) in [4.78, 5) is 22.4. The molecule has 1 amide bonds. The number of aryl methyl sites for hydroxylation is 1. The van der Waals surface area contributed by atoms with Crippen LogP contribution in [0.25, 0.3) is 0 Å². The average molecular weight is 465 g/mol. The monoisotopic (exact) mass is 464 g/mol. The summed E-state index contributed by atoms with van der Waals surface area (Å²) in [7, 11) is 0. The molecular formula is C29H40N2O3. The van der Waals surface area contributed by atoms with Crippen molar-refractivity contribution in [3.63, 3.8) is 0 Å². The molecule has 2 aliphatic heterocycles. The fourth-order valence-electron chi connectivity index (χ4n) is 5.56. The Morgan fingerprint density at radius 3 is 2.18 bits per heavy atom. The Hall–Kier alpha value is -2.37. The summed E-state index contributed by atoms with van der Waals surface area (Å²) in [5.41, 5.74) is 3.21. The van der Waals surface area contributed by atoms with Gasteiger partial charge in [0.1, 0.15) is 11.7 Å². The number of amides is 1. The molecule has 2 aromatic carbocycles. The van der Waals surface area contributed by atoms with Crippen molar-refractivity contribution in [2.45, 2.75) is 103 Å². The maximum atomic E-state index is 13.6. The van der Waals surface area contributed by atoms with Crippen molar-refractivity contribution in [2.24, 2.45) is 0 Å². The summed E-state index contributed by atoms with van der Waals surface area (Å²) in [5.74, 6) is 0. The van der Waals surface area contributed by atoms with E-state index in [1.54, 1.807) is 4.90 Å². The molecule has 2 aliphatic rings. The quantitative estimate of drug-likeness (QED) is 0.471. The molecule has 184 valence electrons. The summed E-state index contributed by atoms with van der Waals surface area (Å²) >= 11 is 0. The van der Waals surface area contributed by atoms with Crippen LogP contribution in [0.4, 0.5) is 10.5 Å². The fourth-order valence-corrected chi connectivity index (χ4v) is 5.56. The second-order valence-corrected chi connectivity index (χ2v) is 12.1. The zero-order valence-electron chi connectivity index (χ0n) is 22.0. The number of nitrogens with zero attached hydrogens (tertiary/aromatic N) is 2. The minimum absolute atomic E-state index is 0.119. The van der Waals surface area contributed by atoms with E-state index in [0.717, 1.165) is 35.2 Å². The highest BCUT2D eigenvalue weighted by Crippen LogP contribution is 2.53. The van der Waals surface area contributed by atoms with E-state index in [9.17, 15) is 4.79 Å². The third-order valence-corrected chi connectivity index (χ3v) is 6.94. The maximum Gasteiger partial charge on any atom is 0.415 e. The predicted octanol–water partition coefficient (Wildman–Crippen LogP) is 7.51. The van der Waals surface area contributed by atoms with E-state index in [0.29, 0.717) is 0 Å². The minimum Gasteiger partial charge on any atom is -0.443 e. The Morgan fingerprint density at radius 1 is 0.971 bits per heavy atom. The Kier molecular flexibility index (Phi) is 6.32. The lowest BCUT2D eigenvalue weighted by Gasteiger charge is -2.52. The van der Waals surface area contributed by atoms with Crippen molar-refractivity contribution in [2.75, 3.05) is 4.90 Å². The van der Waals surface area contributed by atoms with Crippen molar-refractivity contribution in [3.05, 3.63) is 65.2 Å². The predicted molar refractivity (Wildman–Crippen MR) is 137 cm³/mol. The molecule has 5 nitrogen and oxygen atoms in total. The molecule has 0 spiro atoms. The number of rotatable bonds is 3. The summed E-state index contributed by atoms with van der Waals surface area (Å²) in [5, 5.41) is 2.20. The molecule has 34 heavy (non-hydrogen) atoms. The van der Waals surface area contributed by atoms with E-state index >= 15 is 0 Å². The van der Waals surface area contributed by atoms with Crippen LogP contribution in [0.15, 0.2) is 48.5 Å². The van der Waals surface area contributed by atoms with Gasteiger partial charge in [-0.25, -0.2) is 4.79 Å². The third kappa shape index (κ3) is 4.73. The van der Waals surface area contributed by atoms with E-state index < -0.39 is 5.60 Å². The van der Waals surface area contributed by atoms with E-state index in [1.807, 2.05) is 45.0 Å². The number of anilines is 1. The lowest BCUT2D eigenvalue weighted by Crippen LogP contribution is -2.58. The zero-order chi connectivity index (χ0) is 24.9. The average Bonchev–Trinajstić information content (AvgIpc) is 3.03. The lowest BCUT2D eigenvalue weighted by atomic mass is 9.82. The van der Waals surface area contributed by atoms with Gasteiger partial charge in [0.25, 0.3) is 0 Å². The number of hydroxylamine groups is 2. The third-order valence-electron chi connectivity index (χ3n) is 6.94. The van der Waals surface area contributed by atoms with Crippen molar-refractivity contribution >= 4 is 11.8 Å². The van der Waals surface area contributed by atoms with Gasteiger partial charge in [-0.15, -0.1) is 0 Å². The van der Waals surface area contributed by atoms with E-state index in [1.165, 1.54) is 6.42 Å². The van der Waals surface area contributed by atoms with E-state index in [4.69, 9.17) is 9.57 Å². The highest BCUT2D eigenvalue weighted by molar-refractivity contribution is 5.92. The molecular weight excluding hydrogens is 424 g/mol. The van der Waals surface area contributed by atoms with Crippen LogP contribution in [0.3, 0.4) is 0 Å². The molecule has 2 atom stereocenters. The van der Waals surface area contributed by atoms with Crippen LogP contribution >= 0.6 is 0 Å². The number of carbonyl (C=O) groups is 1. The number of piperidine rings is 1. The first kappa shape index (κ1) is 24.7. The van der Waals surface area contributed by atoms with Gasteiger partial charge in [0.15, 0.2) is 0 Å². The van der Waals surface area contributed by atoms with Gasteiger partial charge >= 0.3 is 6.09 Å². The highest BCUT2D eigenvalue weighted by Gasteiger charge is 2.50. The van der Waals surface area contributed by atoms with Crippen LogP contribution in [0.5, 0.6) is 0 Å². The minimum atomic E-state index is -0.598. The molecule has 0 aromatic heterocycles. The molecule has 2 aromatic rings. The van der Waals surface area contributed by atoms with E-state index in [-0.39, 0.29) is 29.3 Å².